The zero-order valence-electron chi connectivity index (χ0n) is 9.56. The van der Waals surface area contributed by atoms with Crippen LogP contribution in [0.25, 0.3) is 0 Å². The van der Waals surface area contributed by atoms with E-state index in [1.54, 1.807) is 0 Å². The summed E-state index contributed by atoms with van der Waals surface area (Å²) < 4.78 is 0. The Morgan fingerprint density at radius 2 is 2.25 bits per heavy atom. The Balaban J connectivity index is 0.00000128. The number of thiocarbonyl (C=S) groups is 1. The molecule has 1 heterocycles. The summed E-state index contributed by atoms with van der Waals surface area (Å²) in [6, 6.07) is 2.21. The molecule has 0 aliphatic heterocycles. The molecule has 0 amide bonds. The van der Waals surface area contributed by atoms with E-state index in [2.05, 4.69) is 24.9 Å². The largest absolute Gasteiger partial charge is 0.393 e. The van der Waals surface area contributed by atoms with Crippen LogP contribution in [0.15, 0.2) is 12.3 Å². The number of aromatic nitrogens is 1. The fourth-order valence-corrected chi connectivity index (χ4v) is 2.55. The molecule has 1 aliphatic rings. The number of nitrogens with two attached hydrogens (primary N) is 1. The highest BCUT2D eigenvalue weighted by molar-refractivity contribution is 7.80. The summed E-state index contributed by atoms with van der Waals surface area (Å²) in [4.78, 5) is 5.07. The second kappa shape index (κ2) is 5.11. The zero-order chi connectivity index (χ0) is 11.0. The van der Waals surface area contributed by atoms with Crippen molar-refractivity contribution in [3.8, 4) is 0 Å². The first-order valence-corrected chi connectivity index (χ1v) is 5.73. The van der Waals surface area contributed by atoms with E-state index in [-0.39, 0.29) is 18.3 Å². The highest BCUT2D eigenvalue weighted by atomic mass is 35.5. The van der Waals surface area contributed by atoms with Gasteiger partial charge in [0, 0.05) is 6.20 Å². The van der Waals surface area contributed by atoms with Crippen LogP contribution in [-0.2, 0) is 6.42 Å². The smallest absolute Gasteiger partial charge is 0.0819 e. The van der Waals surface area contributed by atoms with Crippen LogP contribution in [0.2, 0.25) is 0 Å². The molecular weight excluding hydrogens is 240 g/mol. The maximum atomic E-state index is 5.77. The lowest BCUT2D eigenvalue weighted by Crippen LogP contribution is -2.27. The van der Waals surface area contributed by atoms with Crippen LogP contribution in [0.1, 0.15) is 36.1 Å². The lowest BCUT2D eigenvalue weighted by Gasteiger charge is -2.28. The van der Waals surface area contributed by atoms with Gasteiger partial charge in [-0.2, -0.15) is 0 Å². The van der Waals surface area contributed by atoms with Crippen molar-refractivity contribution in [2.45, 2.75) is 32.6 Å². The molecule has 88 valence electrons. The first-order valence-electron chi connectivity index (χ1n) is 5.32. The van der Waals surface area contributed by atoms with Gasteiger partial charge in [0.25, 0.3) is 0 Å². The zero-order valence-corrected chi connectivity index (χ0v) is 11.2. The molecule has 1 aromatic heterocycles. The van der Waals surface area contributed by atoms with Gasteiger partial charge in [0.2, 0.25) is 0 Å². The van der Waals surface area contributed by atoms with Gasteiger partial charge in [-0.1, -0.05) is 25.2 Å². The fraction of sp³-hybridized carbons (Fsp3) is 0.500. The van der Waals surface area contributed by atoms with E-state index in [1.165, 1.54) is 11.1 Å². The normalized spacial score (nSPS) is 23.1. The molecule has 0 bridgehead atoms. The van der Waals surface area contributed by atoms with Crippen LogP contribution in [0.4, 0.5) is 0 Å². The third-order valence-electron chi connectivity index (χ3n) is 3.02. The van der Waals surface area contributed by atoms with Gasteiger partial charge in [-0.25, -0.2) is 0 Å². The molecule has 1 aromatic rings. The van der Waals surface area contributed by atoms with E-state index in [1.807, 2.05) is 6.20 Å². The second-order valence-corrected chi connectivity index (χ2v) is 5.03. The molecule has 0 saturated carbocycles. The van der Waals surface area contributed by atoms with Crippen molar-refractivity contribution in [2.75, 3.05) is 0 Å². The maximum Gasteiger partial charge on any atom is 0.0819 e. The van der Waals surface area contributed by atoms with Crippen LogP contribution in [0, 0.1) is 12.8 Å². The van der Waals surface area contributed by atoms with Crippen LogP contribution in [0.5, 0.6) is 0 Å². The molecule has 2 unspecified atom stereocenters. The van der Waals surface area contributed by atoms with Crippen molar-refractivity contribution in [3.05, 3.63) is 29.1 Å². The summed E-state index contributed by atoms with van der Waals surface area (Å²) in [5.41, 5.74) is 9.41. The lowest BCUT2D eigenvalue weighted by atomic mass is 9.80. The molecule has 0 aromatic carbocycles. The van der Waals surface area contributed by atoms with Crippen molar-refractivity contribution >= 4 is 29.6 Å². The Kier molecular flexibility index (Phi) is 4.28. The van der Waals surface area contributed by atoms with Gasteiger partial charge in [0.15, 0.2) is 0 Å². The lowest BCUT2D eigenvalue weighted by molar-refractivity contribution is 0.475. The highest BCUT2D eigenvalue weighted by Gasteiger charge is 2.27. The average Bonchev–Trinajstić information content (AvgIpc) is 2.15. The number of pyridine rings is 1. The standard InChI is InChI=1S/C12H16N2S.ClH/c1-7-3-9-4-8(2)6-14-11(9)10(5-7)12(13)15;/h4,6-7,10H,3,5H2,1-2H3,(H2,13,15);1H. The molecule has 1 aliphatic carbocycles. The van der Waals surface area contributed by atoms with Crippen molar-refractivity contribution in [1.29, 1.82) is 0 Å². The molecule has 16 heavy (non-hydrogen) atoms. The molecule has 2 N–H and O–H groups in total. The SMILES string of the molecule is Cc1cnc2c(c1)CC(C)CC2C(N)=S.Cl. The van der Waals surface area contributed by atoms with Crippen molar-refractivity contribution in [3.63, 3.8) is 0 Å². The Morgan fingerprint density at radius 1 is 1.56 bits per heavy atom. The highest BCUT2D eigenvalue weighted by Crippen LogP contribution is 2.33. The van der Waals surface area contributed by atoms with Gasteiger partial charge in [-0.3, -0.25) is 4.98 Å². The number of hydrogen-bond donors (Lipinski definition) is 1. The molecule has 4 heteroatoms. The maximum absolute atomic E-state index is 5.77. The minimum Gasteiger partial charge on any atom is -0.393 e. The van der Waals surface area contributed by atoms with Gasteiger partial charge in [-0.05, 0) is 36.8 Å². The van der Waals surface area contributed by atoms with E-state index in [0.29, 0.717) is 10.9 Å². The van der Waals surface area contributed by atoms with Gasteiger partial charge in [-0.15, -0.1) is 12.4 Å². The van der Waals surface area contributed by atoms with Crippen molar-refractivity contribution in [2.24, 2.45) is 11.7 Å². The number of rotatable bonds is 1. The molecule has 0 saturated heterocycles. The van der Waals surface area contributed by atoms with Gasteiger partial charge in [0.05, 0.1) is 16.6 Å². The predicted molar refractivity (Wildman–Crippen MR) is 73.2 cm³/mol. The molecule has 2 nitrogen and oxygen atoms in total. The Labute approximate surface area is 108 Å². The third kappa shape index (κ3) is 2.53. The first-order chi connectivity index (χ1) is 7.08. The summed E-state index contributed by atoms with van der Waals surface area (Å²) >= 11 is 5.12. The van der Waals surface area contributed by atoms with Gasteiger partial charge >= 0.3 is 0 Å². The van der Waals surface area contributed by atoms with Crippen LogP contribution >= 0.6 is 24.6 Å². The van der Waals surface area contributed by atoms with E-state index < -0.39 is 0 Å². The number of fused-ring (bicyclic) bond motifs is 1. The summed E-state index contributed by atoms with van der Waals surface area (Å²) in [5, 5.41) is 0. The van der Waals surface area contributed by atoms with Crippen LogP contribution < -0.4 is 5.73 Å². The number of hydrogen-bond acceptors (Lipinski definition) is 2. The monoisotopic (exact) mass is 256 g/mol. The van der Waals surface area contributed by atoms with E-state index >= 15 is 0 Å². The quantitative estimate of drug-likeness (QED) is 0.786. The molecule has 0 fully saturated rings. The molecule has 2 atom stereocenters. The minimum absolute atomic E-state index is 0. The van der Waals surface area contributed by atoms with E-state index in [9.17, 15) is 0 Å². The summed E-state index contributed by atoms with van der Waals surface area (Å²) in [6.07, 6.45) is 4.04. The summed E-state index contributed by atoms with van der Waals surface area (Å²) in [6.45, 7) is 4.32. The fourth-order valence-electron chi connectivity index (χ4n) is 2.34. The summed E-state index contributed by atoms with van der Waals surface area (Å²) in [7, 11) is 0. The Morgan fingerprint density at radius 3 is 2.88 bits per heavy atom. The minimum atomic E-state index is 0. The van der Waals surface area contributed by atoms with Gasteiger partial charge < -0.3 is 5.73 Å². The Hall–Kier alpha value is -0.670. The number of aryl methyl sites for hydroxylation is 1. The molecule has 0 spiro atoms. The molecular formula is C12H17ClN2S. The first kappa shape index (κ1) is 13.4. The van der Waals surface area contributed by atoms with Crippen LogP contribution in [-0.4, -0.2) is 9.97 Å². The second-order valence-electron chi connectivity index (χ2n) is 4.56. The van der Waals surface area contributed by atoms with E-state index in [0.717, 1.165) is 18.5 Å². The number of halogens is 1. The summed E-state index contributed by atoms with van der Waals surface area (Å²) in [5.74, 6) is 0.826. The molecule has 0 radical (unpaired) electrons. The Bertz CT molecular complexity index is 406. The number of nitrogens with zero attached hydrogens (tertiary/aromatic N) is 1. The van der Waals surface area contributed by atoms with Crippen molar-refractivity contribution in [1.82, 2.24) is 4.98 Å². The molecule has 2 rings (SSSR count). The van der Waals surface area contributed by atoms with Crippen molar-refractivity contribution < 1.29 is 0 Å². The van der Waals surface area contributed by atoms with E-state index in [4.69, 9.17) is 18.0 Å². The third-order valence-corrected chi connectivity index (χ3v) is 3.30. The average molecular weight is 257 g/mol. The topological polar surface area (TPSA) is 38.9 Å². The predicted octanol–water partition coefficient (Wildman–Crippen LogP) is 2.76. The van der Waals surface area contributed by atoms with Crippen LogP contribution in [0.3, 0.4) is 0 Å². The van der Waals surface area contributed by atoms with Gasteiger partial charge in [0.1, 0.15) is 0 Å².